The Kier molecular flexibility index (Phi) is 9.50. The predicted octanol–water partition coefficient (Wildman–Crippen LogP) is 3.71. The third kappa shape index (κ3) is 6.59. The van der Waals surface area contributed by atoms with E-state index in [1.807, 2.05) is 36.4 Å². The van der Waals surface area contributed by atoms with Gasteiger partial charge in [-0.15, -0.1) is 0 Å². The van der Waals surface area contributed by atoms with Crippen LogP contribution in [0.25, 0.3) is 6.08 Å². The van der Waals surface area contributed by atoms with Crippen LogP contribution in [0.5, 0.6) is 11.5 Å². The third-order valence-corrected chi connectivity index (χ3v) is 6.67. The van der Waals surface area contributed by atoms with Gasteiger partial charge in [0.1, 0.15) is 4.32 Å². The molecule has 0 atom stereocenters. The first-order valence-corrected chi connectivity index (χ1v) is 12.1. The fourth-order valence-electron chi connectivity index (χ4n) is 3.55. The summed E-state index contributed by atoms with van der Waals surface area (Å²) in [6, 6.07) is 15.1. The van der Waals surface area contributed by atoms with E-state index >= 15 is 0 Å². The number of carbonyl (C=O) groups is 2. The average molecular weight is 501 g/mol. The summed E-state index contributed by atoms with van der Waals surface area (Å²) in [5.74, 6) is 0.950. The fraction of sp³-hybridized carbons (Fsp3) is 0.320. The van der Waals surface area contributed by atoms with Crippen molar-refractivity contribution in [3.63, 3.8) is 0 Å². The Morgan fingerprint density at radius 1 is 1.15 bits per heavy atom. The molecule has 1 heterocycles. The Morgan fingerprint density at radius 3 is 2.56 bits per heavy atom. The normalized spacial score (nSPS) is 14.6. The SMILES string of the molecule is COc1ccc(/C=C2\SC(=S)N(CCCC(=O)N(CCO)Cc3ccccc3)C2=O)cc1OC. The summed E-state index contributed by atoms with van der Waals surface area (Å²) in [6.45, 7) is 0.963. The van der Waals surface area contributed by atoms with Crippen LogP contribution in [0.3, 0.4) is 0 Å². The number of aliphatic hydroxyl groups excluding tert-OH is 1. The molecule has 0 saturated carbocycles. The number of methoxy groups -OCH3 is 2. The van der Waals surface area contributed by atoms with Crippen LogP contribution < -0.4 is 9.47 Å². The molecule has 0 spiro atoms. The first-order chi connectivity index (χ1) is 16.5. The van der Waals surface area contributed by atoms with Crippen LogP contribution in [-0.2, 0) is 16.1 Å². The lowest BCUT2D eigenvalue weighted by Gasteiger charge is -2.22. The molecule has 1 saturated heterocycles. The van der Waals surface area contributed by atoms with Crippen molar-refractivity contribution in [2.24, 2.45) is 0 Å². The molecule has 9 heteroatoms. The fourth-order valence-corrected chi connectivity index (χ4v) is 4.86. The highest BCUT2D eigenvalue weighted by Gasteiger charge is 2.31. The molecule has 1 aliphatic rings. The molecule has 0 unspecified atom stereocenters. The Bertz CT molecular complexity index is 1060. The number of nitrogens with zero attached hydrogens (tertiary/aromatic N) is 2. The summed E-state index contributed by atoms with van der Waals surface area (Å²) in [4.78, 5) is 29.3. The van der Waals surface area contributed by atoms with E-state index in [0.717, 1.165) is 11.1 Å². The van der Waals surface area contributed by atoms with E-state index in [1.165, 1.54) is 16.7 Å². The van der Waals surface area contributed by atoms with Crippen molar-refractivity contribution in [3.8, 4) is 11.5 Å². The Balaban J connectivity index is 1.58. The average Bonchev–Trinajstić information content (AvgIpc) is 3.11. The smallest absolute Gasteiger partial charge is 0.266 e. The largest absolute Gasteiger partial charge is 0.493 e. The topological polar surface area (TPSA) is 79.3 Å². The number of ether oxygens (including phenoxy) is 2. The maximum atomic E-state index is 12.9. The van der Waals surface area contributed by atoms with Gasteiger partial charge in [0.25, 0.3) is 5.91 Å². The highest BCUT2D eigenvalue weighted by Crippen LogP contribution is 2.34. The van der Waals surface area contributed by atoms with E-state index in [-0.39, 0.29) is 31.4 Å². The second-order valence-corrected chi connectivity index (χ2v) is 9.25. The molecule has 0 aromatic heterocycles. The lowest BCUT2D eigenvalue weighted by atomic mass is 10.1. The lowest BCUT2D eigenvalue weighted by molar-refractivity contribution is -0.132. The van der Waals surface area contributed by atoms with E-state index in [1.54, 1.807) is 37.3 Å². The number of benzene rings is 2. The van der Waals surface area contributed by atoms with Crippen molar-refractivity contribution in [1.82, 2.24) is 9.80 Å². The zero-order valence-corrected chi connectivity index (χ0v) is 20.9. The van der Waals surface area contributed by atoms with Gasteiger partial charge >= 0.3 is 0 Å². The Labute approximate surface area is 209 Å². The van der Waals surface area contributed by atoms with E-state index in [2.05, 4.69) is 0 Å². The zero-order valence-electron chi connectivity index (χ0n) is 19.2. The number of thioether (sulfide) groups is 1. The number of hydrogen-bond acceptors (Lipinski definition) is 7. The van der Waals surface area contributed by atoms with Crippen LogP contribution in [0, 0.1) is 0 Å². The molecule has 7 nitrogen and oxygen atoms in total. The van der Waals surface area contributed by atoms with Crippen molar-refractivity contribution < 1.29 is 24.2 Å². The van der Waals surface area contributed by atoms with Gasteiger partial charge in [0.05, 0.1) is 25.7 Å². The summed E-state index contributed by atoms with van der Waals surface area (Å²) >= 11 is 6.66. The first kappa shape index (κ1) is 25.7. The number of amides is 2. The number of aliphatic hydroxyl groups is 1. The van der Waals surface area contributed by atoms with Crippen LogP contribution in [-0.4, -0.2) is 65.0 Å². The van der Waals surface area contributed by atoms with Crippen LogP contribution in [0.15, 0.2) is 53.4 Å². The Hall–Kier alpha value is -2.88. The van der Waals surface area contributed by atoms with Gasteiger partial charge in [0.15, 0.2) is 11.5 Å². The second kappa shape index (κ2) is 12.5. The molecule has 0 aliphatic carbocycles. The van der Waals surface area contributed by atoms with Gasteiger partial charge in [-0.2, -0.15) is 0 Å². The molecule has 1 N–H and O–H groups in total. The van der Waals surface area contributed by atoms with Gasteiger partial charge in [0, 0.05) is 26.1 Å². The molecule has 3 rings (SSSR count). The van der Waals surface area contributed by atoms with Gasteiger partial charge in [-0.1, -0.05) is 60.4 Å². The zero-order chi connectivity index (χ0) is 24.5. The first-order valence-electron chi connectivity index (χ1n) is 10.9. The molecule has 2 aromatic rings. The minimum atomic E-state index is -0.172. The number of thiocarbonyl (C=S) groups is 1. The molecule has 0 bridgehead atoms. The van der Waals surface area contributed by atoms with Gasteiger partial charge in [-0.3, -0.25) is 14.5 Å². The molecule has 1 aliphatic heterocycles. The second-order valence-electron chi connectivity index (χ2n) is 7.58. The maximum Gasteiger partial charge on any atom is 0.266 e. The van der Waals surface area contributed by atoms with Crippen LogP contribution in [0.4, 0.5) is 0 Å². The van der Waals surface area contributed by atoms with Crippen molar-refractivity contribution in [1.29, 1.82) is 0 Å². The van der Waals surface area contributed by atoms with Crippen LogP contribution in [0.1, 0.15) is 24.0 Å². The Morgan fingerprint density at radius 2 is 1.88 bits per heavy atom. The molecule has 1 fully saturated rings. The predicted molar refractivity (Wildman–Crippen MR) is 138 cm³/mol. The highest BCUT2D eigenvalue weighted by atomic mass is 32.2. The molecule has 0 radical (unpaired) electrons. The van der Waals surface area contributed by atoms with Crippen molar-refractivity contribution in [2.75, 3.05) is 33.9 Å². The van der Waals surface area contributed by atoms with Crippen LogP contribution >= 0.6 is 24.0 Å². The summed E-state index contributed by atoms with van der Waals surface area (Å²) in [6.07, 6.45) is 2.51. The van der Waals surface area contributed by atoms with Gasteiger partial charge in [-0.05, 0) is 35.8 Å². The number of carbonyl (C=O) groups excluding carboxylic acids is 2. The molecular weight excluding hydrogens is 472 g/mol. The van der Waals surface area contributed by atoms with Gasteiger partial charge in [0.2, 0.25) is 5.91 Å². The monoisotopic (exact) mass is 500 g/mol. The summed E-state index contributed by atoms with van der Waals surface area (Å²) in [5.41, 5.74) is 1.80. The van der Waals surface area contributed by atoms with Gasteiger partial charge in [-0.25, -0.2) is 0 Å². The molecular formula is C25H28N2O5S2. The number of hydrogen-bond donors (Lipinski definition) is 1. The quantitative estimate of drug-likeness (QED) is 0.372. The molecule has 180 valence electrons. The third-order valence-electron chi connectivity index (χ3n) is 5.29. The van der Waals surface area contributed by atoms with Crippen molar-refractivity contribution in [2.45, 2.75) is 19.4 Å². The van der Waals surface area contributed by atoms with Gasteiger partial charge < -0.3 is 19.5 Å². The summed E-state index contributed by atoms with van der Waals surface area (Å²) in [5, 5.41) is 9.36. The molecule has 2 aromatic carbocycles. The maximum absolute atomic E-state index is 12.9. The standard InChI is InChI=1S/C25H28N2O5S2/c1-31-20-11-10-19(15-21(20)32-2)16-22-24(30)27(25(33)34-22)12-6-9-23(29)26(13-14-28)17-18-7-4-3-5-8-18/h3-5,7-8,10-11,15-16,28H,6,9,12-14,17H2,1-2H3/b22-16-. The molecule has 2 amide bonds. The number of rotatable bonds is 11. The van der Waals surface area contributed by atoms with E-state index in [0.29, 0.717) is 40.2 Å². The summed E-state index contributed by atoms with van der Waals surface area (Å²) < 4.78 is 11.1. The van der Waals surface area contributed by atoms with E-state index in [4.69, 9.17) is 21.7 Å². The molecule has 34 heavy (non-hydrogen) atoms. The van der Waals surface area contributed by atoms with E-state index < -0.39 is 0 Å². The highest BCUT2D eigenvalue weighted by molar-refractivity contribution is 8.26. The minimum Gasteiger partial charge on any atom is -0.493 e. The minimum absolute atomic E-state index is 0.0655. The van der Waals surface area contributed by atoms with Crippen molar-refractivity contribution in [3.05, 3.63) is 64.6 Å². The van der Waals surface area contributed by atoms with Crippen molar-refractivity contribution >= 4 is 46.2 Å². The summed E-state index contributed by atoms with van der Waals surface area (Å²) in [7, 11) is 3.13. The lowest BCUT2D eigenvalue weighted by Crippen LogP contribution is -2.34. The van der Waals surface area contributed by atoms with Crippen LogP contribution in [0.2, 0.25) is 0 Å². The van der Waals surface area contributed by atoms with E-state index in [9.17, 15) is 14.7 Å².